The zero-order chi connectivity index (χ0) is 20.9. The second-order valence-electron chi connectivity index (χ2n) is 6.31. The monoisotopic (exact) mass is 415 g/mol. The molecule has 0 fully saturated rings. The van der Waals surface area contributed by atoms with Crippen LogP contribution in [-0.4, -0.2) is 48.7 Å². The molecule has 2 amide bonds. The van der Waals surface area contributed by atoms with Gasteiger partial charge in [-0.15, -0.1) is 0 Å². The first-order valence-corrected chi connectivity index (χ1v) is 10.6. The number of fused-ring (bicyclic) bond motifs is 1. The highest BCUT2D eigenvalue weighted by Crippen LogP contribution is 2.16. The Labute approximate surface area is 168 Å². The van der Waals surface area contributed by atoms with Crippen LogP contribution in [0.25, 0.3) is 10.8 Å². The molecule has 0 unspecified atom stereocenters. The standard InChI is InChI=1S/C18H21N7O3S/c1-12-9-15(19-7-8-21-29(2,27)28)23-17(22-12)25-18(26)24-16-10-13-5-3-4-6-14(13)11-20-16/h3-6,9-11,21H,7-8H2,1-2H3,(H3,19,20,22,23,24,25,26). The number of pyridine rings is 1. The summed E-state index contributed by atoms with van der Waals surface area (Å²) in [5.74, 6) is 0.979. The van der Waals surface area contributed by atoms with Crippen molar-refractivity contribution in [3.05, 3.63) is 48.3 Å². The fourth-order valence-corrected chi connectivity index (χ4v) is 3.02. The maximum absolute atomic E-state index is 12.3. The molecule has 0 saturated carbocycles. The first kappa shape index (κ1) is 20.4. The molecule has 4 N–H and O–H groups in total. The first-order valence-electron chi connectivity index (χ1n) is 8.75. The molecule has 3 aromatic rings. The summed E-state index contributed by atoms with van der Waals surface area (Å²) >= 11 is 0. The van der Waals surface area contributed by atoms with Crippen molar-refractivity contribution in [3.63, 3.8) is 0 Å². The Morgan fingerprint density at radius 1 is 1.00 bits per heavy atom. The molecule has 10 nitrogen and oxygen atoms in total. The van der Waals surface area contributed by atoms with E-state index in [-0.39, 0.29) is 12.5 Å². The first-order chi connectivity index (χ1) is 13.8. The minimum atomic E-state index is -3.25. The number of hydrogen-bond donors (Lipinski definition) is 4. The number of urea groups is 1. The molecule has 0 atom stereocenters. The molecule has 2 heterocycles. The van der Waals surface area contributed by atoms with Crippen molar-refractivity contribution in [2.24, 2.45) is 0 Å². The lowest BCUT2D eigenvalue weighted by Crippen LogP contribution is -2.28. The maximum atomic E-state index is 12.3. The molecule has 0 aliphatic rings. The second kappa shape index (κ2) is 8.80. The molecule has 0 aliphatic heterocycles. The van der Waals surface area contributed by atoms with Crippen molar-refractivity contribution < 1.29 is 13.2 Å². The van der Waals surface area contributed by atoms with Crippen LogP contribution in [0.1, 0.15) is 5.69 Å². The van der Waals surface area contributed by atoms with E-state index < -0.39 is 16.1 Å². The minimum Gasteiger partial charge on any atom is -0.369 e. The molecule has 0 saturated heterocycles. The molecule has 0 bridgehead atoms. The topological polar surface area (TPSA) is 138 Å². The molecule has 0 spiro atoms. The number of carbonyl (C=O) groups is 1. The molecular weight excluding hydrogens is 394 g/mol. The smallest absolute Gasteiger partial charge is 0.327 e. The summed E-state index contributed by atoms with van der Waals surface area (Å²) in [6.07, 6.45) is 2.77. The van der Waals surface area contributed by atoms with Crippen molar-refractivity contribution >= 4 is 44.4 Å². The van der Waals surface area contributed by atoms with Crippen molar-refractivity contribution in [2.45, 2.75) is 6.92 Å². The van der Waals surface area contributed by atoms with E-state index in [9.17, 15) is 13.2 Å². The number of aryl methyl sites for hydroxylation is 1. The van der Waals surface area contributed by atoms with E-state index in [1.807, 2.05) is 24.3 Å². The molecule has 152 valence electrons. The van der Waals surface area contributed by atoms with Crippen LogP contribution in [0.4, 0.5) is 22.4 Å². The third-order valence-electron chi connectivity index (χ3n) is 3.75. The van der Waals surface area contributed by atoms with Gasteiger partial charge in [-0.1, -0.05) is 24.3 Å². The van der Waals surface area contributed by atoms with Crippen LogP contribution in [0.15, 0.2) is 42.6 Å². The lowest BCUT2D eigenvalue weighted by atomic mass is 10.2. The SMILES string of the molecule is Cc1cc(NCCNS(C)(=O)=O)nc(NC(=O)Nc2cc3ccccc3cn2)n1. The van der Waals surface area contributed by atoms with Crippen LogP contribution < -0.4 is 20.7 Å². The van der Waals surface area contributed by atoms with Gasteiger partial charge in [0.2, 0.25) is 16.0 Å². The number of aromatic nitrogens is 3. The number of hydrogen-bond acceptors (Lipinski definition) is 7. The Morgan fingerprint density at radius 3 is 2.52 bits per heavy atom. The zero-order valence-corrected chi connectivity index (χ0v) is 16.7. The highest BCUT2D eigenvalue weighted by atomic mass is 32.2. The van der Waals surface area contributed by atoms with Gasteiger partial charge in [0.1, 0.15) is 11.6 Å². The summed E-state index contributed by atoms with van der Waals surface area (Å²) in [7, 11) is -3.25. The molecule has 1 aromatic carbocycles. The van der Waals surface area contributed by atoms with Crippen LogP contribution in [0.5, 0.6) is 0 Å². The second-order valence-corrected chi connectivity index (χ2v) is 8.14. The van der Waals surface area contributed by atoms with Gasteiger partial charge in [-0.3, -0.25) is 10.6 Å². The van der Waals surface area contributed by atoms with Crippen molar-refractivity contribution in [2.75, 3.05) is 35.3 Å². The van der Waals surface area contributed by atoms with Crippen molar-refractivity contribution in [1.29, 1.82) is 0 Å². The van der Waals surface area contributed by atoms with Crippen LogP contribution in [0.3, 0.4) is 0 Å². The van der Waals surface area contributed by atoms with Gasteiger partial charge in [-0.2, -0.15) is 4.98 Å². The number of anilines is 3. The highest BCUT2D eigenvalue weighted by Gasteiger charge is 2.09. The normalized spacial score (nSPS) is 11.2. The number of nitrogens with one attached hydrogen (secondary N) is 4. The average molecular weight is 415 g/mol. The Kier molecular flexibility index (Phi) is 6.20. The van der Waals surface area contributed by atoms with Gasteiger partial charge >= 0.3 is 6.03 Å². The van der Waals surface area contributed by atoms with E-state index >= 15 is 0 Å². The van der Waals surface area contributed by atoms with Crippen LogP contribution in [-0.2, 0) is 10.0 Å². The average Bonchev–Trinajstić information content (AvgIpc) is 2.64. The van der Waals surface area contributed by atoms with Crippen LogP contribution in [0.2, 0.25) is 0 Å². The van der Waals surface area contributed by atoms with E-state index in [1.54, 1.807) is 25.3 Å². The number of rotatable bonds is 7. The molecule has 2 aromatic heterocycles. The lowest BCUT2D eigenvalue weighted by molar-refractivity contribution is 0.262. The van der Waals surface area contributed by atoms with E-state index in [2.05, 4.69) is 35.6 Å². The summed E-state index contributed by atoms with van der Waals surface area (Å²) in [5, 5.41) is 10.1. The van der Waals surface area contributed by atoms with E-state index in [4.69, 9.17) is 0 Å². The Morgan fingerprint density at radius 2 is 1.76 bits per heavy atom. The Hall–Kier alpha value is -3.31. The fraction of sp³-hybridized carbons (Fsp3) is 0.222. The van der Waals surface area contributed by atoms with Crippen molar-refractivity contribution in [3.8, 4) is 0 Å². The predicted octanol–water partition coefficient (Wildman–Crippen LogP) is 1.94. The van der Waals surface area contributed by atoms with Gasteiger partial charge in [0.05, 0.1) is 6.26 Å². The molecular formula is C18H21N7O3S. The van der Waals surface area contributed by atoms with E-state index in [0.29, 0.717) is 23.9 Å². The molecule has 29 heavy (non-hydrogen) atoms. The summed E-state index contributed by atoms with van der Waals surface area (Å²) in [5.41, 5.74) is 0.637. The van der Waals surface area contributed by atoms with E-state index in [1.165, 1.54) is 0 Å². The minimum absolute atomic E-state index is 0.113. The highest BCUT2D eigenvalue weighted by molar-refractivity contribution is 7.88. The third-order valence-corrected chi connectivity index (χ3v) is 4.48. The molecule has 0 radical (unpaired) electrons. The van der Waals surface area contributed by atoms with Gasteiger partial charge in [0.25, 0.3) is 0 Å². The number of sulfonamides is 1. The lowest BCUT2D eigenvalue weighted by Gasteiger charge is -2.10. The third kappa shape index (κ3) is 6.36. The van der Waals surface area contributed by atoms with Gasteiger partial charge < -0.3 is 5.32 Å². The summed E-state index contributed by atoms with van der Waals surface area (Å²) < 4.78 is 24.5. The zero-order valence-electron chi connectivity index (χ0n) is 15.9. The van der Waals surface area contributed by atoms with E-state index in [0.717, 1.165) is 17.0 Å². The van der Waals surface area contributed by atoms with Crippen LogP contribution in [0, 0.1) is 6.92 Å². The molecule has 3 rings (SSSR count). The number of carbonyl (C=O) groups excluding carboxylic acids is 1. The molecule has 0 aliphatic carbocycles. The fourth-order valence-electron chi connectivity index (χ4n) is 2.54. The quantitative estimate of drug-likeness (QED) is 0.433. The number of amides is 2. The number of nitrogens with zero attached hydrogens (tertiary/aromatic N) is 3. The van der Waals surface area contributed by atoms with Gasteiger partial charge in [0.15, 0.2) is 0 Å². The maximum Gasteiger partial charge on any atom is 0.327 e. The molecule has 11 heteroatoms. The van der Waals surface area contributed by atoms with Crippen LogP contribution >= 0.6 is 0 Å². The van der Waals surface area contributed by atoms with Crippen molar-refractivity contribution in [1.82, 2.24) is 19.7 Å². The summed E-state index contributed by atoms with van der Waals surface area (Å²) in [4.78, 5) is 24.9. The summed E-state index contributed by atoms with van der Waals surface area (Å²) in [6.45, 7) is 2.30. The predicted molar refractivity (Wildman–Crippen MR) is 112 cm³/mol. The Bertz CT molecular complexity index is 1140. The van der Waals surface area contributed by atoms with Gasteiger partial charge in [0, 0.05) is 36.4 Å². The largest absolute Gasteiger partial charge is 0.369 e. The number of benzene rings is 1. The summed E-state index contributed by atoms with van der Waals surface area (Å²) in [6, 6.07) is 10.6. The van der Waals surface area contributed by atoms with Gasteiger partial charge in [-0.05, 0) is 18.4 Å². The van der Waals surface area contributed by atoms with Gasteiger partial charge in [-0.25, -0.2) is 27.9 Å². The Balaban J connectivity index is 1.61.